The SMILES string of the molecule is CCNCc1ccc(C)cc1C#N. The van der Waals surface area contributed by atoms with Gasteiger partial charge in [-0.3, -0.25) is 0 Å². The summed E-state index contributed by atoms with van der Waals surface area (Å²) in [7, 11) is 0. The summed E-state index contributed by atoms with van der Waals surface area (Å²) in [5.41, 5.74) is 2.99. The maximum absolute atomic E-state index is 8.86. The fourth-order valence-corrected chi connectivity index (χ4v) is 1.21. The minimum atomic E-state index is 0.777. The van der Waals surface area contributed by atoms with E-state index in [2.05, 4.69) is 18.3 Å². The molecule has 0 amide bonds. The van der Waals surface area contributed by atoms with Crippen LogP contribution in [0.2, 0.25) is 0 Å². The molecular weight excluding hydrogens is 160 g/mol. The molecule has 0 aliphatic rings. The van der Waals surface area contributed by atoms with Gasteiger partial charge in [0.25, 0.3) is 0 Å². The van der Waals surface area contributed by atoms with Gasteiger partial charge in [-0.25, -0.2) is 0 Å². The lowest BCUT2D eigenvalue weighted by Gasteiger charge is -2.04. The van der Waals surface area contributed by atoms with Gasteiger partial charge in [0.15, 0.2) is 0 Å². The molecule has 0 radical (unpaired) electrons. The molecule has 0 heterocycles. The third-order valence-corrected chi connectivity index (χ3v) is 1.95. The second-order valence-corrected chi connectivity index (χ2v) is 3.05. The van der Waals surface area contributed by atoms with Gasteiger partial charge in [-0.1, -0.05) is 19.1 Å². The third-order valence-electron chi connectivity index (χ3n) is 1.95. The van der Waals surface area contributed by atoms with E-state index in [1.165, 1.54) is 0 Å². The maximum atomic E-state index is 8.86. The average Bonchev–Trinajstić information content (AvgIpc) is 2.16. The Hall–Kier alpha value is -1.33. The van der Waals surface area contributed by atoms with Crippen LogP contribution in [-0.2, 0) is 6.54 Å². The minimum absolute atomic E-state index is 0.777. The predicted molar refractivity (Wildman–Crippen MR) is 53.3 cm³/mol. The van der Waals surface area contributed by atoms with Crippen molar-refractivity contribution < 1.29 is 0 Å². The molecule has 0 aromatic heterocycles. The van der Waals surface area contributed by atoms with Gasteiger partial charge < -0.3 is 5.32 Å². The standard InChI is InChI=1S/C11H14N2/c1-3-13-8-10-5-4-9(2)6-11(10)7-12/h4-6,13H,3,8H2,1-2H3. The smallest absolute Gasteiger partial charge is 0.0995 e. The first-order valence-electron chi connectivity index (χ1n) is 4.48. The van der Waals surface area contributed by atoms with E-state index in [4.69, 9.17) is 5.26 Å². The summed E-state index contributed by atoms with van der Waals surface area (Å²) in [6.07, 6.45) is 0. The number of aryl methyl sites for hydroxylation is 1. The summed E-state index contributed by atoms with van der Waals surface area (Å²) in [5.74, 6) is 0. The van der Waals surface area contributed by atoms with E-state index in [9.17, 15) is 0 Å². The van der Waals surface area contributed by atoms with E-state index in [1.807, 2.05) is 25.1 Å². The van der Waals surface area contributed by atoms with Gasteiger partial charge in [0, 0.05) is 6.54 Å². The Kier molecular flexibility index (Phi) is 3.48. The Labute approximate surface area is 79.2 Å². The number of nitriles is 1. The van der Waals surface area contributed by atoms with Crippen LogP contribution in [0, 0.1) is 18.3 Å². The first kappa shape index (κ1) is 9.76. The lowest BCUT2D eigenvalue weighted by molar-refractivity contribution is 0.725. The van der Waals surface area contributed by atoms with Crippen molar-refractivity contribution in [2.24, 2.45) is 0 Å². The summed E-state index contributed by atoms with van der Waals surface area (Å²) >= 11 is 0. The highest BCUT2D eigenvalue weighted by molar-refractivity contribution is 5.40. The second-order valence-electron chi connectivity index (χ2n) is 3.05. The van der Waals surface area contributed by atoms with Crippen molar-refractivity contribution in [2.45, 2.75) is 20.4 Å². The van der Waals surface area contributed by atoms with Crippen molar-refractivity contribution in [3.05, 3.63) is 34.9 Å². The zero-order valence-electron chi connectivity index (χ0n) is 8.09. The van der Waals surface area contributed by atoms with E-state index in [1.54, 1.807) is 0 Å². The molecule has 13 heavy (non-hydrogen) atoms. The highest BCUT2D eigenvalue weighted by Crippen LogP contribution is 2.10. The third kappa shape index (κ3) is 2.57. The molecular formula is C11H14N2. The van der Waals surface area contributed by atoms with Gasteiger partial charge in [0.2, 0.25) is 0 Å². The Bertz CT molecular complexity index is 323. The molecule has 0 spiro atoms. The van der Waals surface area contributed by atoms with Crippen LogP contribution in [0.25, 0.3) is 0 Å². The summed E-state index contributed by atoms with van der Waals surface area (Å²) in [6, 6.07) is 8.17. The molecule has 2 heteroatoms. The number of hydrogen-bond donors (Lipinski definition) is 1. The Morgan fingerprint density at radius 3 is 2.85 bits per heavy atom. The van der Waals surface area contributed by atoms with Gasteiger partial charge in [0.05, 0.1) is 11.6 Å². The molecule has 2 nitrogen and oxygen atoms in total. The molecule has 68 valence electrons. The highest BCUT2D eigenvalue weighted by atomic mass is 14.8. The lowest BCUT2D eigenvalue weighted by atomic mass is 10.1. The molecule has 0 aliphatic heterocycles. The Balaban J connectivity index is 2.88. The lowest BCUT2D eigenvalue weighted by Crippen LogP contribution is -2.12. The van der Waals surface area contributed by atoms with Crippen molar-refractivity contribution in [1.82, 2.24) is 5.32 Å². The maximum Gasteiger partial charge on any atom is 0.0995 e. The number of hydrogen-bond acceptors (Lipinski definition) is 2. The van der Waals surface area contributed by atoms with Crippen LogP contribution in [0.5, 0.6) is 0 Å². The number of rotatable bonds is 3. The molecule has 0 aliphatic carbocycles. The zero-order valence-corrected chi connectivity index (χ0v) is 8.09. The minimum Gasteiger partial charge on any atom is -0.313 e. The van der Waals surface area contributed by atoms with Gasteiger partial charge in [0.1, 0.15) is 0 Å². The monoisotopic (exact) mass is 174 g/mol. The Morgan fingerprint density at radius 2 is 2.23 bits per heavy atom. The molecule has 0 unspecified atom stereocenters. The molecule has 0 fully saturated rings. The highest BCUT2D eigenvalue weighted by Gasteiger charge is 2.00. The summed E-state index contributed by atoms with van der Waals surface area (Å²) in [6.45, 7) is 5.76. The van der Waals surface area contributed by atoms with Crippen LogP contribution in [0.1, 0.15) is 23.6 Å². The van der Waals surface area contributed by atoms with E-state index in [0.29, 0.717) is 0 Å². The first-order chi connectivity index (χ1) is 6.27. The van der Waals surface area contributed by atoms with Crippen LogP contribution >= 0.6 is 0 Å². The number of benzene rings is 1. The molecule has 0 bridgehead atoms. The van der Waals surface area contributed by atoms with Crippen molar-refractivity contribution in [3.8, 4) is 6.07 Å². The van der Waals surface area contributed by atoms with Crippen LogP contribution in [-0.4, -0.2) is 6.54 Å². The molecule has 0 atom stereocenters. The van der Waals surface area contributed by atoms with E-state index in [-0.39, 0.29) is 0 Å². The van der Waals surface area contributed by atoms with Gasteiger partial charge >= 0.3 is 0 Å². The van der Waals surface area contributed by atoms with Crippen LogP contribution in [0.15, 0.2) is 18.2 Å². The Morgan fingerprint density at radius 1 is 1.46 bits per heavy atom. The fraction of sp³-hybridized carbons (Fsp3) is 0.364. The second kappa shape index (κ2) is 4.64. The van der Waals surface area contributed by atoms with Crippen molar-refractivity contribution in [1.29, 1.82) is 5.26 Å². The van der Waals surface area contributed by atoms with E-state index < -0.39 is 0 Å². The first-order valence-corrected chi connectivity index (χ1v) is 4.48. The molecule has 1 N–H and O–H groups in total. The van der Waals surface area contributed by atoms with Crippen molar-refractivity contribution >= 4 is 0 Å². The molecule has 1 aromatic carbocycles. The quantitative estimate of drug-likeness (QED) is 0.760. The largest absolute Gasteiger partial charge is 0.313 e. The van der Waals surface area contributed by atoms with E-state index >= 15 is 0 Å². The van der Waals surface area contributed by atoms with Crippen LogP contribution < -0.4 is 5.32 Å². The van der Waals surface area contributed by atoms with Crippen molar-refractivity contribution in [3.63, 3.8) is 0 Å². The fourth-order valence-electron chi connectivity index (χ4n) is 1.21. The molecule has 1 aromatic rings. The van der Waals surface area contributed by atoms with Gasteiger partial charge in [-0.15, -0.1) is 0 Å². The summed E-state index contributed by atoms with van der Waals surface area (Å²) < 4.78 is 0. The summed E-state index contributed by atoms with van der Waals surface area (Å²) in [4.78, 5) is 0. The summed E-state index contributed by atoms with van der Waals surface area (Å²) in [5, 5.41) is 12.1. The molecule has 0 saturated heterocycles. The van der Waals surface area contributed by atoms with E-state index in [0.717, 1.165) is 29.8 Å². The normalized spacial score (nSPS) is 9.62. The number of nitrogens with zero attached hydrogens (tertiary/aromatic N) is 1. The predicted octanol–water partition coefficient (Wildman–Crippen LogP) is 1.98. The molecule has 1 rings (SSSR count). The van der Waals surface area contributed by atoms with Crippen molar-refractivity contribution in [2.75, 3.05) is 6.54 Å². The van der Waals surface area contributed by atoms with Gasteiger partial charge in [-0.05, 0) is 30.7 Å². The van der Waals surface area contributed by atoms with Crippen LogP contribution in [0.4, 0.5) is 0 Å². The molecule has 0 saturated carbocycles. The van der Waals surface area contributed by atoms with Crippen LogP contribution in [0.3, 0.4) is 0 Å². The zero-order chi connectivity index (χ0) is 9.68. The number of nitrogens with one attached hydrogen (secondary N) is 1. The van der Waals surface area contributed by atoms with Gasteiger partial charge in [-0.2, -0.15) is 5.26 Å². The average molecular weight is 174 g/mol. The topological polar surface area (TPSA) is 35.8 Å².